The van der Waals surface area contributed by atoms with Crippen molar-refractivity contribution in [1.82, 2.24) is 15.3 Å². The highest BCUT2D eigenvalue weighted by atomic mass is 19.4. The van der Waals surface area contributed by atoms with Crippen molar-refractivity contribution in [3.63, 3.8) is 0 Å². The first-order valence-electron chi connectivity index (χ1n) is 5.25. The van der Waals surface area contributed by atoms with Crippen molar-refractivity contribution >= 4 is 0 Å². The van der Waals surface area contributed by atoms with Crippen molar-refractivity contribution in [2.75, 3.05) is 0 Å². The molecule has 0 aromatic carbocycles. The highest BCUT2D eigenvalue weighted by molar-refractivity contribution is 4.93. The van der Waals surface area contributed by atoms with E-state index in [1.54, 1.807) is 12.5 Å². The summed E-state index contributed by atoms with van der Waals surface area (Å²) in [6.07, 6.45) is -0.790. The van der Waals surface area contributed by atoms with Crippen LogP contribution in [0.2, 0.25) is 0 Å². The molecule has 0 spiro atoms. The normalized spacial score (nSPS) is 14.0. The average Bonchev–Trinajstić information content (AvgIpc) is 2.65. The van der Waals surface area contributed by atoms with Crippen molar-refractivity contribution < 1.29 is 13.2 Å². The summed E-state index contributed by atoms with van der Waals surface area (Å²) in [5.41, 5.74) is 0.933. The molecule has 1 unspecified atom stereocenters. The van der Waals surface area contributed by atoms with Crippen LogP contribution in [0.5, 0.6) is 0 Å². The number of imidazole rings is 1. The monoisotopic (exact) mass is 235 g/mol. The lowest BCUT2D eigenvalue weighted by atomic mass is 10.1. The molecular formula is C10H16F3N3. The van der Waals surface area contributed by atoms with Crippen LogP contribution >= 0.6 is 0 Å². The smallest absolute Gasteiger partial charge is 0.347 e. The minimum Gasteiger partial charge on any atom is -0.347 e. The fourth-order valence-electron chi connectivity index (χ4n) is 1.38. The molecule has 0 amide bonds. The molecule has 1 atom stereocenters. The van der Waals surface area contributed by atoms with Gasteiger partial charge in [0.1, 0.15) is 0 Å². The van der Waals surface area contributed by atoms with Gasteiger partial charge in [0.05, 0.1) is 6.33 Å². The number of H-pyrrole nitrogens is 1. The number of halogens is 3. The van der Waals surface area contributed by atoms with Crippen LogP contribution in [-0.2, 0) is 6.54 Å². The molecule has 1 aromatic heterocycles. The van der Waals surface area contributed by atoms with Gasteiger partial charge >= 0.3 is 6.18 Å². The van der Waals surface area contributed by atoms with Crippen LogP contribution in [0.3, 0.4) is 0 Å². The third kappa shape index (κ3) is 5.75. The van der Waals surface area contributed by atoms with Crippen molar-refractivity contribution in [2.24, 2.45) is 0 Å². The van der Waals surface area contributed by atoms with Crippen molar-refractivity contribution in [3.8, 4) is 0 Å². The summed E-state index contributed by atoms with van der Waals surface area (Å²) >= 11 is 0. The Morgan fingerprint density at radius 3 is 2.81 bits per heavy atom. The topological polar surface area (TPSA) is 40.7 Å². The number of aromatic nitrogens is 2. The van der Waals surface area contributed by atoms with E-state index >= 15 is 0 Å². The fourth-order valence-corrected chi connectivity index (χ4v) is 1.38. The average molecular weight is 235 g/mol. The second-order valence-electron chi connectivity index (χ2n) is 3.87. The molecular weight excluding hydrogens is 219 g/mol. The third-order valence-corrected chi connectivity index (χ3v) is 2.29. The second-order valence-corrected chi connectivity index (χ2v) is 3.87. The lowest BCUT2D eigenvalue weighted by Gasteiger charge is -2.13. The van der Waals surface area contributed by atoms with Crippen LogP contribution in [0.15, 0.2) is 12.5 Å². The van der Waals surface area contributed by atoms with Gasteiger partial charge in [0.25, 0.3) is 0 Å². The Balaban J connectivity index is 2.09. The summed E-state index contributed by atoms with van der Waals surface area (Å²) in [5.74, 6) is 0. The summed E-state index contributed by atoms with van der Waals surface area (Å²) < 4.78 is 35.6. The number of hydrogen-bond acceptors (Lipinski definition) is 2. The quantitative estimate of drug-likeness (QED) is 0.795. The number of alkyl halides is 3. The molecule has 1 aromatic rings. The molecule has 3 nitrogen and oxygen atoms in total. The molecule has 0 radical (unpaired) electrons. The molecule has 0 aliphatic carbocycles. The molecule has 92 valence electrons. The Morgan fingerprint density at radius 1 is 1.50 bits per heavy atom. The van der Waals surface area contributed by atoms with Crippen LogP contribution in [0.1, 0.15) is 31.9 Å². The van der Waals surface area contributed by atoms with Gasteiger partial charge in [-0.3, -0.25) is 0 Å². The molecule has 0 aliphatic rings. The molecule has 1 heterocycles. The van der Waals surface area contributed by atoms with E-state index in [0.717, 1.165) is 5.69 Å². The van der Waals surface area contributed by atoms with E-state index in [4.69, 9.17) is 0 Å². The van der Waals surface area contributed by atoms with Gasteiger partial charge in [0, 0.05) is 30.9 Å². The molecule has 0 bridgehead atoms. The van der Waals surface area contributed by atoms with Gasteiger partial charge in [0.15, 0.2) is 0 Å². The van der Waals surface area contributed by atoms with Gasteiger partial charge in [0.2, 0.25) is 0 Å². The standard InChI is InChI=1S/C10H16F3N3/c1-8(3-2-4-10(11,12)13)15-6-9-5-14-7-16-9/h5,7-8,15H,2-4,6H2,1H3,(H,14,16). The van der Waals surface area contributed by atoms with Crippen molar-refractivity contribution in [3.05, 3.63) is 18.2 Å². The highest BCUT2D eigenvalue weighted by Crippen LogP contribution is 2.22. The molecule has 0 fully saturated rings. The fraction of sp³-hybridized carbons (Fsp3) is 0.700. The zero-order valence-electron chi connectivity index (χ0n) is 9.14. The Morgan fingerprint density at radius 2 is 2.25 bits per heavy atom. The first-order valence-corrected chi connectivity index (χ1v) is 5.25. The summed E-state index contributed by atoms with van der Waals surface area (Å²) in [7, 11) is 0. The lowest BCUT2D eigenvalue weighted by molar-refractivity contribution is -0.135. The van der Waals surface area contributed by atoms with E-state index in [1.165, 1.54) is 0 Å². The number of nitrogens with one attached hydrogen (secondary N) is 2. The minimum atomic E-state index is -4.04. The van der Waals surface area contributed by atoms with Crippen LogP contribution < -0.4 is 5.32 Å². The van der Waals surface area contributed by atoms with E-state index in [2.05, 4.69) is 15.3 Å². The van der Waals surface area contributed by atoms with Gasteiger partial charge in [-0.2, -0.15) is 13.2 Å². The van der Waals surface area contributed by atoms with Crippen LogP contribution in [0.25, 0.3) is 0 Å². The molecule has 0 saturated carbocycles. The van der Waals surface area contributed by atoms with Crippen molar-refractivity contribution in [2.45, 2.75) is 44.9 Å². The number of rotatable bonds is 6. The summed E-state index contributed by atoms with van der Waals surface area (Å²) in [6.45, 7) is 2.49. The highest BCUT2D eigenvalue weighted by Gasteiger charge is 2.26. The SMILES string of the molecule is CC(CCCC(F)(F)F)NCc1cnc[nH]1. The molecule has 1 rings (SSSR count). The molecule has 0 aliphatic heterocycles. The Hall–Kier alpha value is -1.04. The number of aromatic amines is 1. The maximum Gasteiger partial charge on any atom is 0.389 e. The second kappa shape index (κ2) is 5.89. The van der Waals surface area contributed by atoms with Gasteiger partial charge in [-0.1, -0.05) is 0 Å². The van der Waals surface area contributed by atoms with E-state index in [1.807, 2.05) is 6.92 Å². The molecule has 0 saturated heterocycles. The minimum absolute atomic E-state index is 0.0747. The van der Waals surface area contributed by atoms with Crippen molar-refractivity contribution in [1.29, 1.82) is 0 Å². The van der Waals surface area contributed by atoms with Gasteiger partial charge in [-0.25, -0.2) is 4.98 Å². The maximum atomic E-state index is 11.9. The van der Waals surface area contributed by atoms with Gasteiger partial charge < -0.3 is 10.3 Å². The summed E-state index contributed by atoms with van der Waals surface area (Å²) in [6, 6.07) is 0.0747. The summed E-state index contributed by atoms with van der Waals surface area (Å²) in [5, 5.41) is 3.13. The van der Waals surface area contributed by atoms with E-state index in [9.17, 15) is 13.2 Å². The van der Waals surface area contributed by atoms with Crippen LogP contribution in [0.4, 0.5) is 13.2 Å². The van der Waals surface area contributed by atoms with Gasteiger partial charge in [-0.15, -0.1) is 0 Å². The molecule has 6 heteroatoms. The van der Waals surface area contributed by atoms with E-state index in [-0.39, 0.29) is 12.5 Å². The first kappa shape index (κ1) is 13.0. The third-order valence-electron chi connectivity index (χ3n) is 2.29. The van der Waals surface area contributed by atoms with Gasteiger partial charge in [-0.05, 0) is 19.8 Å². The van der Waals surface area contributed by atoms with E-state index < -0.39 is 12.6 Å². The predicted molar refractivity (Wildman–Crippen MR) is 54.8 cm³/mol. The Kier molecular flexibility index (Phi) is 4.79. The first-order chi connectivity index (χ1) is 7.47. The summed E-state index contributed by atoms with van der Waals surface area (Å²) in [4.78, 5) is 6.77. The maximum absolute atomic E-state index is 11.9. The van der Waals surface area contributed by atoms with Crippen LogP contribution in [-0.4, -0.2) is 22.2 Å². The Bertz CT molecular complexity index is 282. The molecule has 16 heavy (non-hydrogen) atoms. The van der Waals surface area contributed by atoms with E-state index in [0.29, 0.717) is 13.0 Å². The zero-order chi connectivity index (χ0) is 12.0. The zero-order valence-corrected chi connectivity index (χ0v) is 9.14. The van der Waals surface area contributed by atoms with Crippen LogP contribution in [0, 0.1) is 0 Å². The molecule has 2 N–H and O–H groups in total. The largest absolute Gasteiger partial charge is 0.389 e. The lowest BCUT2D eigenvalue weighted by Crippen LogP contribution is -2.26. The Labute approximate surface area is 92.5 Å². The number of nitrogens with zero attached hydrogens (tertiary/aromatic N) is 1. The number of hydrogen-bond donors (Lipinski definition) is 2. The predicted octanol–water partition coefficient (Wildman–Crippen LogP) is 2.62.